The molecule has 2 aliphatic rings. The number of allylic oxidation sites excluding steroid dienone is 1. The molecule has 1 N–H and O–H groups in total. The Hall–Kier alpha value is -2.79. The van der Waals surface area contributed by atoms with Crippen LogP contribution in [0.1, 0.15) is 29.0 Å². The number of carbonyl (C=O) groups excluding carboxylic acids is 1. The number of ether oxygens (including phenoxy) is 6. The monoisotopic (exact) mass is 541 g/mol. The number of aliphatic hydroxyl groups is 1. The van der Waals surface area contributed by atoms with Gasteiger partial charge in [-0.05, 0) is 22.8 Å². The third-order valence-corrected chi connectivity index (χ3v) is 6.55. The zero-order chi connectivity index (χ0) is 27.1. The van der Waals surface area contributed by atoms with Crippen molar-refractivity contribution in [1.82, 2.24) is 4.90 Å². The summed E-state index contributed by atoms with van der Waals surface area (Å²) in [6, 6.07) is 17.6. The summed E-state index contributed by atoms with van der Waals surface area (Å²) in [6.07, 6.45) is 1.88. The molecule has 2 aromatic rings. The first kappa shape index (κ1) is 29.2. The molecular weight excluding hydrogens is 502 g/mol. The summed E-state index contributed by atoms with van der Waals surface area (Å²) in [7, 11) is 0. The lowest BCUT2D eigenvalue weighted by Gasteiger charge is -2.32. The molecule has 2 aromatic carbocycles. The van der Waals surface area contributed by atoms with E-state index in [1.54, 1.807) is 4.90 Å². The number of amides is 1. The second-order valence-corrected chi connectivity index (χ2v) is 9.36. The minimum Gasteiger partial charge on any atom is -0.459 e. The lowest BCUT2D eigenvalue weighted by atomic mass is 9.93. The normalized spacial score (nSPS) is 22.2. The standard InChI is InChI=1S/C30H39NO8/c32-22-24-6-8-25(9-7-24)23-38-29-21-27(26-4-2-1-3-5-26)20-28(39-29)30(33)31-10-12-34-14-16-36-18-19-37-17-15-35-13-11-31/h1-9,20,27,29,32H,10-19,21-23H2/t27-,29+/m1/s1. The fraction of sp³-hybridized carbons (Fsp3) is 0.500. The molecule has 9 heteroatoms. The Morgan fingerprint density at radius 2 is 1.36 bits per heavy atom. The van der Waals surface area contributed by atoms with E-state index in [0.717, 1.165) is 16.7 Å². The molecule has 0 bridgehead atoms. The molecule has 0 radical (unpaired) electrons. The molecule has 9 nitrogen and oxygen atoms in total. The van der Waals surface area contributed by atoms with Gasteiger partial charge in [0, 0.05) is 25.4 Å². The average molecular weight is 542 g/mol. The number of rotatable bonds is 6. The minimum atomic E-state index is -0.595. The highest BCUT2D eigenvalue weighted by molar-refractivity contribution is 5.91. The summed E-state index contributed by atoms with van der Waals surface area (Å²) < 4.78 is 34.6. The predicted molar refractivity (Wildman–Crippen MR) is 144 cm³/mol. The molecule has 0 aliphatic carbocycles. The lowest BCUT2D eigenvalue weighted by Crippen LogP contribution is -2.40. The van der Waals surface area contributed by atoms with Gasteiger partial charge < -0.3 is 38.4 Å². The zero-order valence-electron chi connectivity index (χ0n) is 22.4. The molecular formula is C30H39NO8. The molecule has 2 aliphatic heterocycles. The maximum absolute atomic E-state index is 13.7. The summed E-state index contributed by atoms with van der Waals surface area (Å²) in [5.74, 6) is 0.00628. The highest BCUT2D eigenvalue weighted by Crippen LogP contribution is 2.32. The van der Waals surface area contributed by atoms with E-state index in [-0.39, 0.29) is 24.2 Å². The van der Waals surface area contributed by atoms with E-state index in [1.807, 2.05) is 48.5 Å². The third-order valence-electron chi connectivity index (χ3n) is 6.55. The molecule has 0 spiro atoms. The van der Waals surface area contributed by atoms with Gasteiger partial charge in [-0.3, -0.25) is 4.79 Å². The number of hydrogen-bond donors (Lipinski definition) is 1. The van der Waals surface area contributed by atoms with Crippen molar-refractivity contribution in [1.29, 1.82) is 0 Å². The van der Waals surface area contributed by atoms with Crippen LogP contribution in [0, 0.1) is 0 Å². The molecule has 4 rings (SSSR count). The van der Waals surface area contributed by atoms with Crippen molar-refractivity contribution >= 4 is 5.91 Å². The lowest BCUT2D eigenvalue weighted by molar-refractivity contribution is -0.156. The van der Waals surface area contributed by atoms with Gasteiger partial charge in [0.15, 0.2) is 5.76 Å². The van der Waals surface area contributed by atoms with Crippen LogP contribution in [0.3, 0.4) is 0 Å². The van der Waals surface area contributed by atoms with Gasteiger partial charge in [0.05, 0.1) is 66.1 Å². The molecule has 0 saturated carbocycles. The van der Waals surface area contributed by atoms with Gasteiger partial charge in [0.25, 0.3) is 5.91 Å². The maximum atomic E-state index is 13.7. The topological polar surface area (TPSA) is 95.9 Å². The van der Waals surface area contributed by atoms with Crippen LogP contribution in [0.25, 0.3) is 0 Å². The van der Waals surface area contributed by atoms with Gasteiger partial charge in [-0.25, -0.2) is 0 Å². The summed E-state index contributed by atoms with van der Waals surface area (Å²) in [5, 5.41) is 9.29. The van der Waals surface area contributed by atoms with Gasteiger partial charge in [0.1, 0.15) is 0 Å². The van der Waals surface area contributed by atoms with E-state index in [0.29, 0.717) is 79.0 Å². The van der Waals surface area contributed by atoms with Gasteiger partial charge in [0.2, 0.25) is 6.29 Å². The summed E-state index contributed by atoms with van der Waals surface area (Å²) in [6.45, 7) is 4.76. The van der Waals surface area contributed by atoms with Crippen molar-refractivity contribution in [3.8, 4) is 0 Å². The second-order valence-electron chi connectivity index (χ2n) is 9.36. The van der Waals surface area contributed by atoms with E-state index in [9.17, 15) is 9.90 Å². The Morgan fingerprint density at radius 3 is 1.95 bits per heavy atom. The van der Waals surface area contributed by atoms with Crippen LogP contribution in [0.5, 0.6) is 0 Å². The van der Waals surface area contributed by atoms with Crippen molar-refractivity contribution in [2.24, 2.45) is 0 Å². The Bertz CT molecular complexity index is 997. The molecule has 1 fully saturated rings. The van der Waals surface area contributed by atoms with E-state index >= 15 is 0 Å². The average Bonchev–Trinajstić information content (AvgIpc) is 3.00. The summed E-state index contributed by atoms with van der Waals surface area (Å²) in [4.78, 5) is 15.4. The van der Waals surface area contributed by atoms with E-state index in [2.05, 4.69) is 12.1 Å². The molecule has 212 valence electrons. The van der Waals surface area contributed by atoms with Crippen molar-refractivity contribution in [3.63, 3.8) is 0 Å². The van der Waals surface area contributed by atoms with Gasteiger partial charge in [-0.15, -0.1) is 0 Å². The fourth-order valence-electron chi connectivity index (χ4n) is 4.36. The van der Waals surface area contributed by atoms with Crippen LogP contribution in [0.2, 0.25) is 0 Å². The smallest absolute Gasteiger partial charge is 0.288 e. The number of hydrogen-bond acceptors (Lipinski definition) is 8. The van der Waals surface area contributed by atoms with Crippen molar-refractivity contribution in [3.05, 3.63) is 83.1 Å². The maximum Gasteiger partial charge on any atom is 0.288 e. The Labute approximate surface area is 230 Å². The quantitative estimate of drug-likeness (QED) is 0.597. The number of aliphatic hydroxyl groups excluding tert-OH is 1. The largest absolute Gasteiger partial charge is 0.459 e. The first-order chi connectivity index (χ1) is 19.2. The Kier molecular flexibility index (Phi) is 12.2. The first-order valence-electron chi connectivity index (χ1n) is 13.6. The van der Waals surface area contributed by atoms with Crippen molar-refractivity contribution in [2.75, 3.05) is 65.9 Å². The van der Waals surface area contributed by atoms with E-state index < -0.39 is 6.29 Å². The molecule has 2 heterocycles. The SMILES string of the molecule is O=C(C1=C[C@@H](c2ccccc2)C[C@@H](OCc2ccc(CO)cc2)O1)N1CCOCCOCCOCCOCC1. The zero-order valence-corrected chi connectivity index (χ0v) is 22.4. The van der Waals surface area contributed by atoms with Gasteiger partial charge in [-0.1, -0.05) is 54.6 Å². The number of nitrogens with zero attached hydrogens (tertiary/aromatic N) is 1. The number of benzene rings is 2. The molecule has 1 amide bonds. The van der Waals surface area contributed by atoms with Crippen LogP contribution in [-0.4, -0.2) is 88.1 Å². The molecule has 1 saturated heterocycles. The van der Waals surface area contributed by atoms with E-state index in [1.165, 1.54) is 0 Å². The third kappa shape index (κ3) is 9.72. The molecule has 2 atom stereocenters. The van der Waals surface area contributed by atoms with Crippen molar-refractivity contribution in [2.45, 2.75) is 31.8 Å². The highest BCUT2D eigenvalue weighted by atomic mass is 16.7. The highest BCUT2D eigenvalue weighted by Gasteiger charge is 2.31. The van der Waals surface area contributed by atoms with Crippen LogP contribution >= 0.6 is 0 Å². The summed E-state index contributed by atoms with van der Waals surface area (Å²) >= 11 is 0. The van der Waals surface area contributed by atoms with Gasteiger partial charge >= 0.3 is 0 Å². The predicted octanol–water partition coefficient (Wildman–Crippen LogP) is 3.02. The fourth-order valence-corrected chi connectivity index (χ4v) is 4.36. The van der Waals surface area contributed by atoms with Crippen LogP contribution < -0.4 is 0 Å². The molecule has 39 heavy (non-hydrogen) atoms. The summed E-state index contributed by atoms with van der Waals surface area (Å²) in [5.41, 5.74) is 2.89. The minimum absolute atomic E-state index is 0.00394. The molecule has 0 aromatic heterocycles. The van der Waals surface area contributed by atoms with E-state index in [4.69, 9.17) is 28.4 Å². The Morgan fingerprint density at radius 1 is 0.795 bits per heavy atom. The van der Waals surface area contributed by atoms with Crippen LogP contribution in [0.4, 0.5) is 0 Å². The Balaban J connectivity index is 1.44. The van der Waals surface area contributed by atoms with Crippen LogP contribution in [0.15, 0.2) is 66.4 Å². The van der Waals surface area contributed by atoms with Crippen molar-refractivity contribution < 1.29 is 38.3 Å². The van der Waals surface area contributed by atoms with Gasteiger partial charge in [-0.2, -0.15) is 0 Å². The molecule has 0 unspecified atom stereocenters. The second kappa shape index (κ2) is 16.3. The van der Waals surface area contributed by atoms with Crippen LogP contribution in [-0.2, 0) is 46.4 Å². The number of carbonyl (C=O) groups is 1. The first-order valence-corrected chi connectivity index (χ1v) is 13.6.